The first-order chi connectivity index (χ1) is 14.7. The van der Waals surface area contributed by atoms with Crippen LogP contribution in [0.2, 0.25) is 0 Å². The highest BCUT2D eigenvalue weighted by molar-refractivity contribution is 7.89. The molecule has 2 aromatic carbocycles. The molecular formula is C22H25FN4O3S. The summed E-state index contributed by atoms with van der Waals surface area (Å²) in [7, 11) is -4.05. The lowest BCUT2D eigenvalue weighted by atomic mass is 10.0. The average molecular weight is 445 g/mol. The highest BCUT2D eigenvalue weighted by Crippen LogP contribution is 2.21. The molecule has 0 unspecified atom stereocenters. The van der Waals surface area contributed by atoms with E-state index >= 15 is 0 Å². The Labute approximate surface area is 181 Å². The summed E-state index contributed by atoms with van der Waals surface area (Å²) in [4.78, 5) is 14.3. The highest BCUT2D eigenvalue weighted by Gasteiger charge is 2.24. The number of sulfonamides is 1. The first-order valence-electron chi connectivity index (χ1n) is 10.1. The number of carbonyl (C=O) groups is 1. The minimum absolute atomic E-state index is 0.0685. The molecule has 164 valence electrons. The van der Waals surface area contributed by atoms with E-state index in [-0.39, 0.29) is 11.6 Å². The largest absolute Gasteiger partial charge is 0.371 e. The number of halogens is 1. The van der Waals surface area contributed by atoms with Gasteiger partial charge in [0.1, 0.15) is 10.7 Å². The smallest absolute Gasteiger partial charge is 0.251 e. The summed E-state index contributed by atoms with van der Waals surface area (Å²) in [5.74, 6) is -1.33. The Balaban J connectivity index is 1.63. The molecule has 0 aliphatic carbocycles. The zero-order valence-electron chi connectivity index (χ0n) is 17.4. The van der Waals surface area contributed by atoms with E-state index in [4.69, 9.17) is 5.26 Å². The van der Waals surface area contributed by atoms with Gasteiger partial charge in [-0.2, -0.15) is 5.26 Å². The number of hydrogen-bond acceptors (Lipinski definition) is 5. The topological polar surface area (TPSA) is 102 Å². The molecule has 0 radical (unpaired) electrons. The van der Waals surface area contributed by atoms with Crippen molar-refractivity contribution in [3.63, 3.8) is 0 Å². The van der Waals surface area contributed by atoms with Gasteiger partial charge in [-0.3, -0.25) is 4.79 Å². The zero-order valence-corrected chi connectivity index (χ0v) is 18.2. The molecule has 0 saturated carbocycles. The molecule has 3 rings (SSSR count). The van der Waals surface area contributed by atoms with E-state index in [9.17, 15) is 17.6 Å². The Hall–Kier alpha value is -2.96. The molecule has 1 aliphatic heterocycles. The standard InChI is InChI=1S/C22H25FN4O3S/c1-15(2)26-31(29,30)21-13-17(5-8-20(21)23)22(28)25-18-9-11-27(12-10-18)19-6-3-16(14-24)4-7-19/h3-8,13,15,18,26H,9-12H2,1-2H3,(H,25,28). The molecule has 1 heterocycles. The molecule has 31 heavy (non-hydrogen) atoms. The summed E-state index contributed by atoms with van der Waals surface area (Å²) in [6.07, 6.45) is 1.43. The molecule has 2 aromatic rings. The maximum absolute atomic E-state index is 14.1. The number of carbonyl (C=O) groups excluding carboxylic acids is 1. The molecule has 0 atom stereocenters. The van der Waals surface area contributed by atoms with E-state index in [0.717, 1.165) is 30.9 Å². The van der Waals surface area contributed by atoms with Crippen LogP contribution in [0.1, 0.15) is 42.6 Å². The number of rotatable bonds is 6. The van der Waals surface area contributed by atoms with Crippen molar-refractivity contribution in [3.05, 3.63) is 59.4 Å². The normalized spacial score (nSPS) is 15.0. The zero-order chi connectivity index (χ0) is 22.6. The van der Waals surface area contributed by atoms with Gasteiger partial charge < -0.3 is 10.2 Å². The maximum Gasteiger partial charge on any atom is 0.251 e. The quantitative estimate of drug-likeness (QED) is 0.713. The van der Waals surface area contributed by atoms with Gasteiger partial charge >= 0.3 is 0 Å². The van der Waals surface area contributed by atoms with Crippen LogP contribution in [0.25, 0.3) is 0 Å². The Morgan fingerprint density at radius 2 is 1.81 bits per heavy atom. The summed E-state index contributed by atoms with van der Waals surface area (Å²) in [6.45, 7) is 4.74. The molecule has 1 fully saturated rings. The lowest BCUT2D eigenvalue weighted by Gasteiger charge is -2.34. The monoisotopic (exact) mass is 444 g/mol. The maximum atomic E-state index is 14.1. The lowest BCUT2D eigenvalue weighted by Crippen LogP contribution is -2.44. The third kappa shape index (κ3) is 5.60. The van der Waals surface area contributed by atoms with Crippen LogP contribution in [0, 0.1) is 17.1 Å². The fourth-order valence-corrected chi connectivity index (χ4v) is 4.88. The van der Waals surface area contributed by atoms with Gasteiger partial charge in [0.2, 0.25) is 10.0 Å². The van der Waals surface area contributed by atoms with E-state index in [0.29, 0.717) is 18.4 Å². The minimum atomic E-state index is -4.05. The number of piperidine rings is 1. The van der Waals surface area contributed by atoms with Crippen molar-refractivity contribution in [1.82, 2.24) is 10.0 Å². The van der Waals surface area contributed by atoms with Crippen molar-refractivity contribution < 1.29 is 17.6 Å². The molecule has 0 aromatic heterocycles. The van der Waals surface area contributed by atoms with E-state index in [1.54, 1.807) is 26.0 Å². The number of nitriles is 1. The van der Waals surface area contributed by atoms with Crippen LogP contribution < -0.4 is 14.9 Å². The van der Waals surface area contributed by atoms with E-state index in [1.165, 1.54) is 6.07 Å². The Bertz CT molecular complexity index is 1090. The first-order valence-corrected chi connectivity index (χ1v) is 11.6. The molecule has 0 bridgehead atoms. The van der Waals surface area contributed by atoms with Gasteiger partial charge in [-0.15, -0.1) is 0 Å². The lowest BCUT2D eigenvalue weighted by molar-refractivity contribution is 0.0931. The number of hydrogen-bond donors (Lipinski definition) is 2. The predicted molar refractivity (Wildman–Crippen MR) is 116 cm³/mol. The highest BCUT2D eigenvalue weighted by atomic mass is 32.2. The van der Waals surface area contributed by atoms with E-state index < -0.39 is 32.7 Å². The third-order valence-electron chi connectivity index (χ3n) is 5.07. The van der Waals surface area contributed by atoms with Crippen molar-refractivity contribution in [2.45, 2.75) is 43.7 Å². The number of nitrogens with one attached hydrogen (secondary N) is 2. The SMILES string of the molecule is CC(C)NS(=O)(=O)c1cc(C(=O)NC2CCN(c3ccc(C#N)cc3)CC2)ccc1F. The van der Waals surface area contributed by atoms with Gasteiger partial charge in [0.25, 0.3) is 5.91 Å². The minimum Gasteiger partial charge on any atom is -0.371 e. The van der Waals surface area contributed by atoms with E-state index in [1.807, 2.05) is 12.1 Å². The Morgan fingerprint density at radius 1 is 1.16 bits per heavy atom. The second kappa shape index (κ2) is 9.45. The van der Waals surface area contributed by atoms with Gasteiger partial charge in [0, 0.05) is 36.4 Å². The average Bonchev–Trinajstić information content (AvgIpc) is 2.73. The van der Waals surface area contributed by atoms with Gasteiger partial charge in [0.15, 0.2) is 0 Å². The van der Waals surface area contributed by atoms with Gasteiger partial charge in [-0.1, -0.05) is 0 Å². The molecule has 7 nitrogen and oxygen atoms in total. The van der Waals surface area contributed by atoms with E-state index in [2.05, 4.69) is 21.0 Å². The number of nitrogens with zero attached hydrogens (tertiary/aromatic N) is 2. The van der Waals surface area contributed by atoms with Crippen LogP contribution in [-0.2, 0) is 10.0 Å². The molecule has 2 N–H and O–H groups in total. The predicted octanol–water partition coefficient (Wildman–Crippen LogP) is 2.78. The van der Waals surface area contributed by atoms with Gasteiger partial charge in [-0.25, -0.2) is 17.5 Å². The number of amides is 1. The summed E-state index contributed by atoms with van der Waals surface area (Å²) in [5.41, 5.74) is 1.73. The van der Waals surface area contributed by atoms with Crippen LogP contribution in [0.3, 0.4) is 0 Å². The molecule has 0 spiro atoms. The molecule has 9 heteroatoms. The second-order valence-electron chi connectivity index (χ2n) is 7.81. The number of anilines is 1. The van der Waals surface area contributed by atoms with Crippen LogP contribution in [0.15, 0.2) is 47.4 Å². The first kappa shape index (κ1) is 22.7. The van der Waals surface area contributed by atoms with Crippen molar-refractivity contribution >= 4 is 21.6 Å². The summed E-state index contributed by atoms with van der Waals surface area (Å²) < 4.78 is 41.1. The third-order valence-corrected chi connectivity index (χ3v) is 6.74. The fourth-order valence-electron chi connectivity index (χ4n) is 3.52. The van der Waals surface area contributed by atoms with Crippen molar-refractivity contribution in [3.8, 4) is 6.07 Å². The van der Waals surface area contributed by atoms with Crippen molar-refractivity contribution in [2.75, 3.05) is 18.0 Å². The van der Waals surface area contributed by atoms with Gasteiger partial charge in [-0.05, 0) is 69.2 Å². The second-order valence-corrected chi connectivity index (χ2v) is 9.50. The van der Waals surface area contributed by atoms with Crippen molar-refractivity contribution in [1.29, 1.82) is 5.26 Å². The molecule has 1 amide bonds. The van der Waals surface area contributed by atoms with Crippen molar-refractivity contribution in [2.24, 2.45) is 0 Å². The van der Waals surface area contributed by atoms with Gasteiger partial charge in [0.05, 0.1) is 11.6 Å². The van der Waals surface area contributed by atoms with Crippen LogP contribution >= 0.6 is 0 Å². The summed E-state index contributed by atoms with van der Waals surface area (Å²) >= 11 is 0. The summed E-state index contributed by atoms with van der Waals surface area (Å²) in [6, 6.07) is 12.3. The Morgan fingerprint density at radius 3 is 2.39 bits per heavy atom. The molecule has 1 aliphatic rings. The number of benzene rings is 2. The Kier molecular flexibility index (Phi) is 6.93. The fraction of sp³-hybridized carbons (Fsp3) is 0.364. The summed E-state index contributed by atoms with van der Waals surface area (Å²) in [5, 5.41) is 11.8. The van der Waals surface area contributed by atoms with Crippen LogP contribution in [-0.4, -0.2) is 39.5 Å². The van der Waals surface area contributed by atoms with Crippen LogP contribution in [0.5, 0.6) is 0 Å². The molecular weight excluding hydrogens is 419 g/mol. The molecule has 1 saturated heterocycles. The van der Waals surface area contributed by atoms with Crippen LogP contribution in [0.4, 0.5) is 10.1 Å².